The number of anilines is 1. The summed E-state index contributed by atoms with van der Waals surface area (Å²) in [6.07, 6.45) is 3.58. The highest BCUT2D eigenvalue weighted by Gasteiger charge is 2.18. The summed E-state index contributed by atoms with van der Waals surface area (Å²) in [4.78, 5) is 18.0. The molecule has 1 aromatic heterocycles. The van der Waals surface area contributed by atoms with Gasteiger partial charge in [0.1, 0.15) is 6.04 Å². The first-order valence-electron chi connectivity index (χ1n) is 5.28. The van der Waals surface area contributed by atoms with Gasteiger partial charge in [0.15, 0.2) is 0 Å². The molecule has 0 bridgehead atoms. The van der Waals surface area contributed by atoms with Crippen molar-refractivity contribution in [3.05, 3.63) is 48.5 Å². The fraction of sp³-hybridized carbons (Fsp3) is 0.167. The standard InChI is InChI=1S/C12H13N3O2/c16-12(17)11(6-10-7-13-8-14-10)15-9-4-2-1-3-5-9/h1-5,7-8,11,15H,6H2,(H,13,14)(H,16,17)/t11-/m0/s1. The van der Waals surface area contributed by atoms with Crippen molar-refractivity contribution in [2.75, 3.05) is 5.32 Å². The summed E-state index contributed by atoms with van der Waals surface area (Å²) in [5, 5.41) is 12.1. The number of carbonyl (C=O) groups is 1. The molecule has 2 aromatic rings. The zero-order valence-electron chi connectivity index (χ0n) is 9.13. The number of para-hydroxylation sites is 1. The maximum Gasteiger partial charge on any atom is 0.326 e. The Morgan fingerprint density at radius 3 is 2.76 bits per heavy atom. The van der Waals surface area contributed by atoms with Gasteiger partial charge in [0.05, 0.1) is 12.0 Å². The molecule has 1 heterocycles. The van der Waals surface area contributed by atoms with E-state index in [0.717, 1.165) is 11.4 Å². The molecule has 0 aliphatic carbocycles. The number of nitrogens with zero attached hydrogens (tertiary/aromatic N) is 1. The van der Waals surface area contributed by atoms with Crippen molar-refractivity contribution >= 4 is 11.7 Å². The van der Waals surface area contributed by atoms with E-state index in [1.807, 2.05) is 30.3 Å². The Labute approximate surface area is 98.5 Å². The van der Waals surface area contributed by atoms with Crippen LogP contribution in [-0.4, -0.2) is 27.1 Å². The molecule has 5 heteroatoms. The van der Waals surface area contributed by atoms with E-state index in [4.69, 9.17) is 5.11 Å². The molecule has 3 N–H and O–H groups in total. The number of aliphatic carboxylic acids is 1. The van der Waals surface area contributed by atoms with Crippen LogP contribution in [0.5, 0.6) is 0 Å². The van der Waals surface area contributed by atoms with E-state index in [1.165, 1.54) is 6.33 Å². The van der Waals surface area contributed by atoms with Crippen LogP contribution in [-0.2, 0) is 11.2 Å². The van der Waals surface area contributed by atoms with E-state index in [1.54, 1.807) is 6.20 Å². The van der Waals surface area contributed by atoms with Crippen LogP contribution in [0.1, 0.15) is 5.69 Å². The highest BCUT2D eigenvalue weighted by molar-refractivity contribution is 5.77. The predicted octanol–water partition coefficient (Wildman–Crippen LogP) is 1.52. The lowest BCUT2D eigenvalue weighted by Crippen LogP contribution is -2.31. The normalized spacial score (nSPS) is 12.0. The molecule has 0 saturated heterocycles. The van der Waals surface area contributed by atoms with Crippen LogP contribution in [0.15, 0.2) is 42.9 Å². The Bertz CT molecular complexity index is 468. The van der Waals surface area contributed by atoms with Gasteiger partial charge in [0.2, 0.25) is 0 Å². The predicted molar refractivity (Wildman–Crippen MR) is 63.8 cm³/mol. The third-order valence-electron chi connectivity index (χ3n) is 2.38. The molecule has 88 valence electrons. The first kappa shape index (κ1) is 11.2. The van der Waals surface area contributed by atoms with E-state index in [-0.39, 0.29) is 0 Å². The molecule has 1 atom stereocenters. The number of carboxylic acid groups (broad SMARTS) is 1. The van der Waals surface area contributed by atoms with Gasteiger partial charge in [0.25, 0.3) is 0 Å². The molecule has 0 radical (unpaired) electrons. The molecule has 0 fully saturated rings. The van der Waals surface area contributed by atoms with Gasteiger partial charge < -0.3 is 15.4 Å². The number of aromatic amines is 1. The van der Waals surface area contributed by atoms with Gasteiger partial charge in [0, 0.05) is 18.3 Å². The smallest absolute Gasteiger partial charge is 0.326 e. The van der Waals surface area contributed by atoms with Crippen molar-refractivity contribution in [1.29, 1.82) is 0 Å². The Morgan fingerprint density at radius 1 is 1.41 bits per heavy atom. The van der Waals surface area contributed by atoms with Gasteiger partial charge in [-0.05, 0) is 12.1 Å². The lowest BCUT2D eigenvalue weighted by atomic mass is 10.1. The Kier molecular flexibility index (Phi) is 3.40. The maximum atomic E-state index is 11.1. The highest BCUT2D eigenvalue weighted by Crippen LogP contribution is 2.10. The lowest BCUT2D eigenvalue weighted by molar-refractivity contribution is -0.137. The van der Waals surface area contributed by atoms with Crippen LogP contribution in [0.4, 0.5) is 5.69 Å². The number of rotatable bonds is 5. The molecule has 0 saturated carbocycles. The minimum Gasteiger partial charge on any atom is -0.480 e. The summed E-state index contributed by atoms with van der Waals surface area (Å²) in [5.74, 6) is -0.892. The fourth-order valence-corrected chi connectivity index (χ4v) is 1.55. The van der Waals surface area contributed by atoms with Crippen molar-refractivity contribution in [2.24, 2.45) is 0 Å². The van der Waals surface area contributed by atoms with Crippen molar-refractivity contribution < 1.29 is 9.90 Å². The van der Waals surface area contributed by atoms with E-state index >= 15 is 0 Å². The van der Waals surface area contributed by atoms with Gasteiger partial charge in [-0.3, -0.25) is 0 Å². The molecule has 0 spiro atoms. The number of hydrogen-bond acceptors (Lipinski definition) is 3. The van der Waals surface area contributed by atoms with Crippen molar-refractivity contribution in [2.45, 2.75) is 12.5 Å². The average Bonchev–Trinajstić information content (AvgIpc) is 2.82. The number of nitrogens with one attached hydrogen (secondary N) is 2. The summed E-state index contributed by atoms with van der Waals surface area (Å²) in [7, 11) is 0. The minimum atomic E-state index is -0.892. The molecular formula is C12H13N3O2. The van der Waals surface area contributed by atoms with Crippen LogP contribution in [0.3, 0.4) is 0 Å². The maximum absolute atomic E-state index is 11.1. The number of aromatic nitrogens is 2. The topological polar surface area (TPSA) is 78.0 Å². The Balaban J connectivity index is 2.06. The SMILES string of the molecule is O=C(O)[C@H](Cc1c[nH]cn1)Nc1ccccc1. The number of carboxylic acids is 1. The van der Waals surface area contributed by atoms with Crippen LogP contribution >= 0.6 is 0 Å². The minimum absolute atomic E-state index is 0.341. The molecule has 1 aromatic carbocycles. The second-order valence-electron chi connectivity index (χ2n) is 3.67. The van der Waals surface area contributed by atoms with Gasteiger partial charge in [-0.1, -0.05) is 18.2 Å². The highest BCUT2D eigenvalue weighted by atomic mass is 16.4. The van der Waals surface area contributed by atoms with Crippen LogP contribution in [0.25, 0.3) is 0 Å². The van der Waals surface area contributed by atoms with Crippen molar-refractivity contribution in [3.63, 3.8) is 0 Å². The number of hydrogen-bond donors (Lipinski definition) is 3. The lowest BCUT2D eigenvalue weighted by Gasteiger charge is -2.14. The quantitative estimate of drug-likeness (QED) is 0.729. The second kappa shape index (κ2) is 5.16. The van der Waals surface area contributed by atoms with Gasteiger partial charge in [-0.25, -0.2) is 9.78 Å². The summed E-state index contributed by atoms with van der Waals surface area (Å²) in [6, 6.07) is 8.59. The third kappa shape index (κ3) is 3.07. The fourth-order valence-electron chi connectivity index (χ4n) is 1.55. The van der Waals surface area contributed by atoms with E-state index in [9.17, 15) is 4.79 Å². The van der Waals surface area contributed by atoms with Gasteiger partial charge >= 0.3 is 5.97 Å². The van der Waals surface area contributed by atoms with Crippen molar-refractivity contribution in [3.8, 4) is 0 Å². The van der Waals surface area contributed by atoms with Crippen LogP contribution in [0, 0.1) is 0 Å². The van der Waals surface area contributed by atoms with E-state index < -0.39 is 12.0 Å². The molecule has 2 rings (SSSR count). The largest absolute Gasteiger partial charge is 0.480 e. The molecular weight excluding hydrogens is 218 g/mol. The first-order chi connectivity index (χ1) is 8.25. The number of H-pyrrole nitrogens is 1. The van der Waals surface area contributed by atoms with Crippen LogP contribution in [0.2, 0.25) is 0 Å². The molecule has 5 nitrogen and oxygen atoms in total. The van der Waals surface area contributed by atoms with E-state index in [0.29, 0.717) is 6.42 Å². The summed E-state index contributed by atoms with van der Waals surface area (Å²) in [5.41, 5.74) is 1.51. The van der Waals surface area contributed by atoms with Crippen molar-refractivity contribution in [1.82, 2.24) is 9.97 Å². The number of benzene rings is 1. The molecule has 0 aliphatic heterocycles. The first-order valence-corrected chi connectivity index (χ1v) is 5.28. The third-order valence-corrected chi connectivity index (χ3v) is 2.38. The monoisotopic (exact) mass is 231 g/mol. The Morgan fingerprint density at radius 2 is 2.18 bits per heavy atom. The summed E-state index contributed by atoms with van der Waals surface area (Å²) >= 11 is 0. The Hall–Kier alpha value is -2.30. The van der Waals surface area contributed by atoms with E-state index in [2.05, 4.69) is 15.3 Å². The van der Waals surface area contributed by atoms with Crippen LogP contribution < -0.4 is 5.32 Å². The summed E-state index contributed by atoms with van der Waals surface area (Å²) < 4.78 is 0. The average molecular weight is 231 g/mol. The van der Waals surface area contributed by atoms with Gasteiger partial charge in [-0.15, -0.1) is 0 Å². The molecule has 0 aliphatic rings. The second-order valence-corrected chi connectivity index (χ2v) is 3.67. The molecule has 17 heavy (non-hydrogen) atoms. The van der Waals surface area contributed by atoms with Gasteiger partial charge in [-0.2, -0.15) is 0 Å². The zero-order chi connectivity index (χ0) is 12.1. The molecule has 0 amide bonds. The summed E-state index contributed by atoms with van der Waals surface area (Å²) in [6.45, 7) is 0. The zero-order valence-corrected chi connectivity index (χ0v) is 9.13. The number of imidazole rings is 1. The molecule has 0 unspecified atom stereocenters.